The van der Waals surface area contributed by atoms with Crippen molar-refractivity contribution < 1.29 is 23.8 Å². The fourth-order valence-corrected chi connectivity index (χ4v) is 1.82. The van der Waals surface area contributed by atoms with Crippen molar-refractivity contribution in [3.05, 3.63) is 59.7 Å². The summed E-state index contributed by atoms with van der Waals surface area (Å²) in [7, 11) is 2.48. The number of methoxy groups -OCH3 is 2. The maximum atomic E-state index is 12.0. The molecule has 0 fully saturated rings. The molecule has 21 heavy (non-hydrogen) atoms. The highest BCUT2D eigenvalue weighted by molar-refractivity contribution is 6.05. The van der Waals surface area contributed by atoms with E-state index < -0.39 is 11.9 Å². The summed E-state index contributed by atoms with van der Waals surface area (Å²) in [6, 6.07) is 13.6. The molecule has 0 amide bonds. The molecule has 108 valence electrons. The van der Waals surface area contributed by atoms with Crippen LogP contribution < -0.4 is 4.74 Å². The number of esters is 2. The molecule has 0 bridgehead atoms. The molecule has 0 heterocycles. The van der Waals surface area contributed by atoms with Gasteiger partial charge in [-0.3, -0.25) is 0 Å². The van der Waals surface area contributed by atoms with Gasteiger partial charge in [0.15, 0.2) is 0 Å². The van der Waals surface area contributed by atoms with Crippen LogP contribution in [0.2, 0.25) is 0 Å². The molecular weight excluding hydrogens is 272 g/mol. The quantitative estimate of drug-likeness (QED) is 0.808. The maximum Gasteiger partial charge on any atom is 0.342 e. The first-order chi connectivity index (χ1) is 10.2. The van der Waals surface area contributed by atoms with Crippen molar-refractivity contribution in [2.75, 3.05) is 14.2 Å². The van der Waals surface area contributed by atoms with Crippen LogP contribution in [0, 0.1) is 0 Å². The first kappa shape index (κ1) is 14.6. The molecule has 0 unspecified atom stereocenters. The molecule has 2 aromatic rings. The Morgan fingerprint density at radius 2 is 1.48 bits per heavy atom. The smallest absolute Gasteiger partial charge is 0.342 e. The number of hydrogen-bond donors (Lipinski definition) is 0. The normalized spacial score (nSPS) is 9.81. The molecule has 0 saturated heterocycles. The molecule has 0 aliphatic rings. The lowest BCUT2D eigenvalue weighted by atomic mass is 10.1. The zero-order valence-corrected chi connectivity index (χ0v) is 11.7. The molecular formula is C16H14O5. The Hall–Kier alpha value is -2.82. The lowest BCUT2D eigenvalue weighted by Gasteiger charge is -2.12. The van der Waals surface area contributed by atoms with Gasteiger partial charge in [0, 0.05) is 0 Å². The second kappa shape index (κ2) is 6.56. The number of ether oxygens (including phenoxy) is 3. The minimum absolute atomic E-state index is 0.0377. The zero-order valence-electron chi connectivity index (χ0n) is 11.7. The molecule has 0 atom stereocenters. The van der Waals surface area contributed by atoms with E-state index in [4.69, 9.17) is 9.47 Å². The second-order valence-electron chi connectivity index (χ2n) is 4.08. The van der Waals surface area contributed by atoms with Crippen LogP contribution in [0.4, 0.5) is 0 Å². The van der Waals surface area contributed by atoms with Gasteiger partial charge in [-0.05, 0) is 24.3 Å². The van der Waals surface area contributed by atoms with Crippen molar-refractivity contribution in [2.24, 2.45) is 0 Å². The van der Waals surface area contributed by atoms with Gasteiger partial charge in [-0.15, -0.1) is 0 Å². The number of rotatable bonds is 4. The van der Waals surface area contributed by atoms with Gasteiger partial charge in [0.25, 0.3) is 0 Å². The van der Waals surface area contributed by atoms with Gasteiger partial charge >= 0.3 is 11.9 Å². The molecule has 0 N–H and O–H groups in total. The van der Waals surface area contributed by atoms with Gasteiger partial charge < -0.3 is 14.2 Å². The Bertz CT molecular complexity index is 649. The van der Waals surface area contributed by atoms with Crippen LogP contribution in [0.5, 0.6) is 11.5 Å². The third-order valence-corrected chi connectivity index (χ3v) is 2.79. The fourth-order valence-electron chi connectivity index (χ4n) is 1.82. The van der Waals surface area contributed by atoms with Crippen LogP contribution in [0.1, 0.15) is 20.7 Å². The fraction of sp³-hybridized carbons (Fsp3) is 0.125. The Balaban J connectivity index is 2.49. The largest absolute Gasteiger partial charge is 0.465 e. The lowest BCUT2D eigenvalue weighted by Crippen LogP contribution is -2.13. The first-order valence-electron chi connectivity index (χ1n) is 6.20. The number of benzene rings is 2. The van der Waals surface area contributed by atoms with Gasteiger partial charge in [0.1, 0.15) is 17.1 Å². The second-order valence-corrected chi connectivity index (χ2v) is 4.08. The van der Waals surface area contributed by atoms with Crippen molar-refractivity contribution in [3.63, 3.8) is 0 Å². The summed E-state index contributed by atoms with van der Waals surface area (Å²) in [5, 5.41) is 0. The molecule has 0 aliphatic heterocycles. The average molecular weight is 286 g/mol. The van der Waals surface area contributed by atoms with E-state index in [9.17, 15) is 9.59 Å². The summed E-state index contributed by atoms with van der Waals surface area (Å²) in [5.41, 5.74) is 0.133. The maximum absolute atomic E-state index is 12.0. The Kier molecular flexibility index (Phi) is 4.56. The van der Waals surface area contributed by atoms with E-state index in [-0.39, 0.29) is 16.9 Å². The third-order valence-electron chi connectivity index (χ3n) is 2.79. The van der Waals surface area contributed by atoms with E-state index in [1.807, 2.05) is 6.07 Å². The monoisotopic (exact) mass is 286 g/mol. The summed E-state index contributed by atoms with van der Waals surface area (Å²) in [5.74, 6) is -0.517. The van der Waals surface area contributed by atoms with E-state index in [1.165, 1.54) is 20.3 Å². The molecule has 2 aromatic carbocycles. The number of carbonyl (C=O) groups is 2. The van der Waals surface area contributed by atoms with Crippen molar-refractivity contribution in [1.82, 2.24) is 0 Å². The standard InChI is InChI=1S/C16H14O5/c1-19-15(17)12-9-6-10-13(14(12)16(18)20-2)21-11-7-4-3-5-8-11/h3-10H,1-2H3. The van der Waals surface area contributed by atoms with Gasteiger partial charge in [0.2, 0.25) is 0 Å². The van der Waals surface area contributed by atoms with E-state index in [1.54, 1.807) is 36.4 Å². The number of para-hydroxylation sites is 1. The summed E-state index contributed by atoms with van der Waals surface area (Å²) in [6.45, 7) is 0. The van der Waals surface area contributed by atoms with Crippen LogP contribution >= 0.6 is 0 Å². The predicted molar refractivity (Wildman–Crippen MR) is 75.6 cm³/mol. The van der Waals surface area contributed by atoms with E-state index >= 15 is 0 Å². The van der Waals surface area contributed by atoms with Crippen LogP contribution in [0.3, 0.4) is 0 Å². The Morgan fingerprint density at radius 3 is 2.10 bits per heavy atom. The first-order valence-corrected chi connectivity index (χ1v) is 6.20. The summed E-state index contributed by atoms with van der Waals surface area (Å²) >= 11 is 0. The minimum atomic E-state index is -0.665. The molecule has 0 aliphatic carbocycles. The molecule has 0 spiro atoms. The molecule has 0 aromatic heterocycles. The Labute approximate surface area is 122 Å². The highest BCUT2D eigenvalue weighted by Crippen LogP contribution is 2.28. The highest BCUT2D eigenvalue weighted by atomic mass is 16.5. The van der Waals surface area contributed by atoms with Crippen LogP contribution in [-0.4, -0.2) is 26.2 Å². The van der Waals surface area contributed by atoms with E-state index in [0.717, 1.165) is 0 Å². The molecule has 0 radical (unpaired) electrons. The third kappa shape index (κ3) is 3.20. The van der Waals surface area contributed by atoms with Crippen LogP contribution in [-0.2, 0) is 9.47 Å². The van der Waals surface area contributed by atoms with Gasteiger partial charge in [-0.2, -0.15) is 0 Å². The lowest BCUT2D eigenvalue weighted by molar-refractivity contribution is 0.0552. The van der Waals surface area contributed by atoms with Crippen molar-refractivity contribution >= 4 is 11.9 Å². The number of hydrogen-bond acceptors (Lipinski definition) is 5. The SMILES string of the molecule is COC(=O)c1cccc(Oc2ccccc2)c1C(=O)OC. The summed E-state index contributed by atoms with van der Waals surface area (Å²) < 4.78 is 15.1. The topological polar surface area (TPSA) is 61.8 Å². The zero-order chi connectivity index (χ0) is 15.2. The van der Waals surface area contributed by atoms with Crippen molar-refractivity contribution in [1.29, 1.82) is 0 Å². The average Bonchev–Trinajstić information content (AvgIpc) is 2.54. The van der Waals surface area contributed by atoms with Crippen molar-refractivity contribution in [2.45, 2.75) is 0 Å². The summed E-state index contributed by atoms with van der Waals surface area (Å²) in [4.78, 5) is 23.7. The van der Waals surface area contributed by atoms with Gasteiger partial charge in [-0.1, -0.05) is 24.3 Å². The summed E-state index contributed by atoms with van der Waals surface area (Å²) in [6.07, 6.45) is 0. The van der Waals surface area contributed by atoms with E-state index in [0.29, 0.717) is 5.75 Å². The highest BCUT2D eigenvalue weighted by Gasteiger charge is 2.23. The van der Waals surface area contributed by atoms with Gasteiger partial charge in [0.05, 0.1) is 19.8 Å². The Morgan fingerprint density at radius 1 is 0.810 bits per heavy atom. The predicted octanol–water partition coefficient (Wildman–Crippen LogP) is 3.05. The van der Waals surface area contributed by atoms with Gasteiger partial charge in [-0.25, -0.2) is 9.59 Å². The molecule has 2 rings (SSSR count). The number of carbonyl (C=O) groups excluding carboxylic acids is 2. The van der Waals surface area contributed by atoms with E-state index in [2.05, 4.69) is 4.74 Å². The van der Waals surface area contributed by atoms with Crippen LogP contribution in [0.25, 0.3) is 0 Å². The molecule has 5 nitrogen and oxygen atoms in total. The van der Waals surface area contributed by atoms with Crippen LogP contribution in [0.15, 0.2) is 48.5 Å². The molecule has 5 heteroatoms. The minimum Gasteiger partial charge on any atom is -0.465 e. The molecule has 0 saturated carbocycles. The van der Waals surface area contributed by atoms with Crippen molar-refractivity contribution in [3.8, 4) is 11.5 Å².